The van der Waals surface area contributed by atoms with Crippen LogP contribution < -0.4 is 5.14 Å². The van der Waals surface area contributed by atoms with Gasteiger partial charge in [0.2, 0.25) is 10.0 Å². The molecule has 10 heteroatoms. The standard InChI is InChI=1S/C15H21ClN4O3S2/c1-19-14(18-20-7-3-2-4-8-20)24-10-15(19,21)11-5-6-12(16)13(9-11)25(17,22)23/h5-6,9,21H,2-4,7-8,10H2,1H3,(H2,17,22,23). The van der Waals surface area contributed by atoms with Gasteiger partial charge in [0.25, 0.3) is 0 Å². The van der Waals surface area contributed by atoms with Crippen LogP contribution in [-0.2, 0) is 15.7 Å². The highest BCUT2D eigenvalue weighted by Crippen LogP contribution is 2.39. The second kappa shape index (κ2) is 6.96. The van der Waals surface area contributed by atoms with Crippen molar-refractivity contribution in [2.45, 2.75) is 29.9 Å². The van der Waals surface area contributed by atoms with E-state index in [9.17, 15) is 13.5 Å². The molecule has 1 atom stereocenters. The molecule has 0 aliphatic carbocycles. The second-order valence-corrected chi connectivity index (χ2v) is 9.13. The van der Waals surface area contributed by atoms with Crippen molar-refractivity contribution in [2.75, 3.05) is 25.9 Å². The molecule has 1 aromatic rings. The highest BCUT2D eigenvalue weighted by molar-refractivity contribution is 8.14. The number of hydrazone groups is 1. The van der Waals surface area contributed by atoms with Crippen LogP contribution in [0.3, 0.4) is 0 Å². The van der Waals surface area contributed by atoms with Crippen molar-refractivity contribution >= 4 is 38.6 Å². The number of aliphatic hydroxyl groups is 1. The average molecular weight is 405 g/mol. The third-order valence-electron chi connectivity index (χ3n) is 4.50. The predicted octanol–water partition coefficient (Wildman–Crippen LogP) is 1.57. The number of amidine groups is 1. The fourth-order valence-corrected chi connectivity index (χ4v) is 5.24. The number of hydrogen-bond donors (Lipinski definition) is 2. The molecule has 2 aliphatic heterocycles. The van der Waals surface area contributed by atoms with E-state index in [4.69, 9.17) is 16.7 Å². The van der Waals surface area contributed by atoms with Gasteiger partial charge >= 0.3 is 0 Å². The zero-order valence-electron chi connectivity index (χ0n) is 13.9. The van der Waals surface area contributed by atoms with Crippen molar-refractivity contribution in [3.05, 3.63) is 28.8 Å². The summed E-state index contributed by atoms with van der Waals surface area (Å²) in [6.45, 7) is 1.82. The van der Waals surface area contributed by atoms with E-state index in [1.54, 1.807) is 18.0 Å². The fraction of sp³-hybridized carbons (Fsp3) is 0.533. The molecule has 7 nitrogen and oxygen atoms in total. The molecular formula is C15H21ClN4O3S2. The number of halogens is 1. The zero-order chi connectivity index (χ0) is 18.2. The van der Waals surface area contributed by atoms with Gasteiger partial charge in [0, 0.05) is 25.7 Å². The van der Waals surface area contributed by atoms with Gasteiger partial charge in [0.05, 0.1) is 10.8 Å². The molecule has 1 unspecified atom stereocenters. The minimum atomic E-state index is -3.97. The van der Waals surface area contributed by atoms with Gasteiger partial charge in [0.15, 0.2) is 10.9 Å². The lowest BCUT2D eigenvalue weighted by Crippen LogP contribution is -2.43. The van der Waals surface area contributed by atoms with Gasteiger partial charge in [-0.05, 0) is 31.4 Å². The number of hydrogen-bond acceptors (Lipinski definition) is 6. The van der Waals surface area contributed by atoms with Gasteiger partial charge < -0.3 is 10.0 Å². The normalized spacial score (nSPS) is 26.5. The van der Waals surface area contributed by atoms with E-state index < -0.39 is 15.7 Å². The van der Waals surface area contributed by atoms with E-state index >= 15 is 0 Å². The Bertz CT molecular complexity index is 796. The van der Waals surface area contributed by atoms with Gasteiger partial charge in [-0.25, -0.2) is 13.6 Å². The largest absolute Gasteiger partial charge is 0.366 e. The minimum Gasteiger partial charge on any atom is -0.366 e. The maximum atomic E-state index is 11.7. The molecule has 2 heterocycles. The molecule has 3 rings (SSSR count). The van der Waals surface area contributed by atoms with Crippen LogP contribution in [0.25, 0.3) is 0 Å². The van der Waals surface area contributed by atoms with Gasteiger partial charge in [-0.3, -0.25) is 5.01 Å². The van der Waals surface area contributed by atoms with Crippen LogP contribution in [0.15, 0.2) is 28.2 Å². The Morgan fingerprint density at radius 3 is 2.64 bits per heavy atom. The molecule has 0 radical (unpaired) electrons. The first-order valence-electron chi connectivity index (χ1n) is 7.97. The summed E-state index contributed by atoms with van der Waals surface area (Å²) in [5.74, 6) is 0.335. The molecule has 3 N–H and O–H groups in total. The van der Waals surface area contributed by atoms with Crippen LogP contribution in [-0.4, -0.2) is 54.5 Å². The van der Waals surface area contributed by atoms with Crippen molar-refractivity contribution in [1.82, 2.24) is 9.91 Å². The molecule has 0 saturated carbocycles. The summed E-state index contributed by atoms with van der Waals surface area (Å²) in [5.41, 5.74) is -0.955. The maximum absolute atomic E-state index is 11.7. The molecule has 138 valence electrons. The minimum absolute atomic E-state index is 0.0327. The average Bonchev–Trinajstić information content (AvgIpc) is 2.85. The first-order valence-corrected chi connectivity index (χ1v) is 10.9. The highest BCUT2D eigenvalue weighted by atomic mass is 35.5. The molecular weight excluding hydrogens is 384 g/mol. The van der Waals surface area contributed by atoms with Crippen molar-refractivity contribution in [2.24, 2.45) is 10.2 Å². The van der Waals surface area contributed by atoms with E-state index in [0.29, 0.717) is 16.5 Å². The summed E-state index contributed by atoms with van der Waals surface area (Å²) in [6.07, 6.45) is 3.45. The Balaban J connectivity index is 1.91. The molecule has 2 saturated heterocycles. The van der Waals surface area contributed by atoms with Crippen LogP contribution in [0.5, 0.6) is 0 Å². The molecule has 2 aliphatic rings. The van der Waals surface area contributed by atoms with Crippen molar-refractivity contribution in [3.8, 4) is 0 Å². The Morgan fingerprint density at radius 1 is 1.32 bits per heavy atom. The molecule has 25 heavy (non-hydrogen) atoms. The summed E-state index contributed by atoms with van der Waals surface area (Å²) in [4.78, 5) is 1.47. The summed E-state index contributed by atoms with van der Waals surface area (Å²) in [6, 6.07) is 4.38. The van der Waals surface area contributed by atoms with Crippen LogP contribution in [0.4, 0.5) is 0 Å². The molecule has 2 fully saturated rings. The second-order valence-electron chi connectivity index (χ2n) is 6.25. The van der Waals surface area contributed by atoms with Crippen LogP contribution >= 0.6 is 23.4 Å². The Morgan fingerprint density at radius 2 is 2.00 bits per heavy atom. The monoisotopic (exact) mass is 404 g/mol. The fourth-order valence-electron chi connectivity index (χ4n) is 2.96. The Labute approximate surface area is 156 Å². The van der Waals surface area contributed by atoms with Gasteiger partial charge in [0.1, 0.15) is 4.90 Å². The van der Waals surface area contributed by atoms with Crippen molar-refractivity contribution < 1.29 is 13.5 Å². The summed E-state index contributed by atoms with van der Waals surface area (Å²) >= 11 is 7.37. The molecule has 0 bridgehead atoms. The quantitative estimate of drug-likeness (QED) is 0.793. The first-order chi connectivity index (χ1) is 11.7. The Hall–Kier alpha value is -1.00. The van der Waals surface area contributed by atoms with E-state index in [2.05, 4.69) is 5.10 Å². The van der Waals surface area contributed by atoms with E-state index in [1.165, 1.54) is 30.3 Å². The highest BCUT2D eigenvalue weighted by Gasteiger charge is 2.43. The number of nitrogens with two attached hydrogens (primary N) is 1. The summed E-state index contributed by atoms with van der Waals surface area (Å²) in [7, 11) is -2.23. The number of nitrogens with zero attached hydrogens (tertiary/aromatic N) is 3. The molecule has 0 spiro atoms. The van der Waals surface area contributed by atoms with Crippen molar-refractivity contribution in [3.63, 3.8) is 0 Å². The smallest absolute Gasteiger partial charge is 0.239 e. The number of piperidine rings is 1. The zero-order valence-corrected chi connectivity index (χ0v) is 16.2. The first kappa shape index (κ1) is 18.8. The van der Waals surface area contributed by atoms with E-state index in [-0.39, 0.29) is 9.92 Å². The van der Waals surface area contributed by atoms with Crippen LogP contribution in [0.1, 0.15) is 24.8 Å². The van der Waals surface area contributed by atoms with Crippen LogP contribution in [0, 0.1) is 0 Å². The molecule has 0 amide bonds. The topological polar surface area (TPSA) is 99.2 Å². The number of sulfonamides is 1. The maximum Gasteiger partial charge on any atom is 0.239 e. The Kier molecular flexibility index (Phi) is 5.23. The third kappa shape index (κ3) is 3.75. The predicted molar refractivity (Wildman–Crippen MR) is 99.8 cm³/mol. The molecule has 1 aromatic carbocycles. The number of benzene rings is 1. The molecule has 0 aromatic heterocycles. The van der Waals surface area contributed by atoms with Gasteiger partial charge in [-0.15, -0.1) is 0 Å². The number of primary sulfonamides is 1. The van der Waals surface area contributed by atoms with Crippen molar-refractivity contribution in [1.29, 1.82) is 0 Å². The summed E-state index contributed by atoms with van der Waals surface area (Å²) in [5, 5.41) is 23.7. The lowest BCUT2D eigenvalue weighted by Gasteiger charge is -2.32. The lowest BCUT2D eigenvalue weighted by atomic mass is 10.0. The lowest BCUT2D eigenvalue weighted by molar-refractivity contribution is -0.0357. The number of rotatable bonds is 3. The third-order valence-corrected chi connectivity index (χ3v) is 7.06. The summed E-state index contributed by atoms with van der Waals surface area (Å²) < 4.78 is 23.4. The SMILES string of the molecule is CN1C(=NN2CCCCC2)SCC1(O)c1ccc(Cl)c(S(N)(=O)=O)c1. The van der Waals surface area contributed by atoms with E-state index in [1.807, 2.05) is 5.01 Å². The van der Waals surface area contributed by atoms with Crippen LogP contribution in [0.2, 0.25) is 5.02 Å². The number of thioether (sulfide) groups is 1. The van der Waals surface area contributed by atoms with Gasteiger partial charge in [-0.2, -0.15) is 5.10 Å². The van der Waals surface area contributed by atoms with E-state index in [0.717, 1.165) is 25.9 Å². The van der Waals surface area contributed by atoms with Gasteiger partial charge in [-0.1, -0.05) is 29.4 Å².